The summed E-state index contributed by atoms with van der Waals surface area (Å²) in [6.45, 7) is 3.43. The van der Waals surface area contributed by atoms with Gasteiger partial charge in [0.25, 0.3) is 0 Å². The van der Waals surface area contributed by atoms with Crippen LogP contribution >= 0.6 is 0 Å². The van der Waals surface area contributed by atoms with Crippen molar-refractivity contribution in [3.05, 3.63) is 11.9 Å². The first-order valence-corrected chi connectivity index (χ1v) is 7.44. The van der Waals surface area contributed by atoms with Crippen LogP contribution in [0.15, 0.2) is 6.20 Å². The lowest BCUT2D eigenvalue weighted by atomic mass is 9.89. The van der Waals surface area contributed by atoms with Crippen molar-refractivity contribution < 1.29 is 4.74 Å². The molecule has 106 valence electrons. The Labute approximate surface area is 114 Å². The molecule has 1 N–H and O–H groups in total. The predicted molar refractivity (Wildman–Crippen MR) is 72.5 cm³/mol. The lowest BCUT2D eigenvalue weighted by Gasteiger charge is -2.20. The number of ether oxygens (including phenoxy) is 1. The van der Waals surface area contributed by atoms with E-state index < -0.39 is 0 Å². The molecule has 3 unspecified atom stereocenters. The highest BCUT2D eigenvalue weighted by Crippen LogP contribution is 2.48. The third kappa shape index (κ3) is 3.15. The van der Waals surface area contributed by atoms with E-state index in [1.54, 1.807) is 7.11 Å². The fraction of sp³-hybridized carbons (Fsp3) is 0.857. The first-order valence-electron chi connectivity index (χ1n) is 7.44. The summed E-state index contributed by atoms with van der Waals surface area (Å²) in [7, 11) is 1.72. The van der Waals surface area contributed by atoms with E-state index in [2.05, 4.69) is 21.8 Å². The molecule has 2 fully saturated rings. The number of hydrogen-bond acceptors (Lipinski definition) is 4. The average Bonchev–Trinajstić information content (AvgIpc) is 3.11. The highest BCUT2D eigenvalue weighted by atomic mass is 16.5. The fourth-order valence-electron chi connectivity index (χ4n) is 3.74. The Balaban J connectivity index is 1.45. The van der Waals surface area contributed by atoms with Gasteiger partial charge in [0.2, 0.25) is 0 Å². The Kier molecular flexibility index (Phi) is 4.13. The van der Waals surface area contributed by atoms with Crippen molar-refractivity contribution >= 4 is 0 Å². The highest BCUT2D eigenvalue weighted by Gasteiger charge is 2.39. The van der Waals surface area contributed by atoms with E-state index >= 15 is 0 Å². The molecule has 5 nitrogen and oxygen atoms in total. The third-order valence-corrected chi connectivity index (χ3v) is 4.68. The lowest BCUT2D eigenvalue weighted by molar-refractivity contribution is 0.199. The molecule has 19 heavy (non-hydrogen) atoms. The van der Waals surface area contributed by atoms with Crippen LogP contribution in [0.5, 0.6) is 0 Å². The molecule has 2 bridgehead atoms. The zero-order valence-corrected chi connectivity index (χ0v) is 11.7. The molecule has 3 atom stereocenters. The molecule has 0 amide bonds. The van der Waals surface area contributed by atoms with E-state index in [-0.39, 0.29) is 0 Å². The van der Waals surface area contributed by atoms with Gasteiger partial charge in [-0.1, -0.05) is 11.6 Å². The predicted octanol–water partition coefficient (Wildman–Crippen LogP) is 1.45. The van der Waals surface area contributed by atoms with Crippen molar-refractivity contribution in [3.8, 4) is 0 Å². The van der Waals surface area contributed by atoms with Crippen molar-refractivity contribution in [1.82, 2.24) is 20.3 Å². The Morgan fingerprint density at radius 1 is 1.42 bits per heavy atom. The van der Waals surface area contributed by atoms with Crippen LogP contribution in [-0.2, 0) is 17.8 Å². The molecule has 3 rings (SSSR count). The van der Waals surface area contributed by atoms with Gasteiger partial charge in [0.1, 0.15) is 0 Å². The molecule has 2 aliphatic carbocycles. The molecule has 0 aliphatic heterocycles. The van der Waals surface area contributed by atoms with E-state index in [4.69, 9.17) is 4.74 Å². The normalized spacial score (nSPS) is 29.2. The molecule has 2 aliphatic rings. The van der Waals surface area contributed by atoms with Gasteiger partial charge in [-0.2, -0.15) is 0 Å². The fourth-order valence-corrected chi connectivity index (χ4v) is 3.74. The van der Waals surface area contributed by atoms with Crippen LogP contribution < -0.4 is 5.32 Å². The number of nitrogens with one attached hydrogen (secondary N) is 1. The number of nitrogens with zero attached hydrogens (tertiary/aromatic N) is 3. The largest absolute Gasteiger partial charge is 0.383 e. The molecule has 1 aromatic rings. The SMILES string of the molecule is COCCNCc1cn(CC2CC3CCC2C3)nn1. The van der Waals surface area contributed by atoms with Gasteiger partial charge in [-0.25, -0.2) is 0 Å². The van der Waals surface area contributed by atoms with E-state index in [0.29, 0.717) is 0 Å². The van der Waals surface area contributed by atoms with Gasteiger partial charge in [0.15, 0.2) is 0 Å². The van der Waals surface area contributed by atoms with E-state index in [1.807, 2.05) is 4.68 Å². The number of aromatic nitrogens is 3. The second kappa shape index (κ2) is 6.01. The Bertz CT molecular complexity index is 406. The van der Waals surface area contributed by atoms with Crippen LogP contribution in [-0.4, -0.2) is 35.3 Å². The molecule has 0 spiro atoms. The van der Waals surface area contributed by atoms with Crippen LogP contribution in [0.1, 0.15) is 31.4 Å². The van der Waals surface area contributed by atoms with Crippen LogP contribution in [0.3, 0.4) is 0 Å². The smallest absolute Gasteiger partial charge is 0.0964 e. The number of methoxy groups -OCH3 is 1. The lowest BCUT2D eigenvalue weighted by Crippen LogP contribution is -2.19. The zero-order valence-electron chi connectivity index (χ0n) is 11.7. The summed E-state index contributed by atoms with van der Waals surface area (Å²) in [5, 5.41) is 11.8. The van der Waals surface area contributed by atoms with Gasteiger partial charge in [0.05, 0.1) is 12.3 Å². The van der Waals surface area contributed by atoms with Gasteiger partial charge < -0.3 is 10.1 Å². The first-order chi connectivity index (χ1) is 9.35. The van der Waals surface area contributed by atoms with Gasteiger partial charge >= 0.3 is 0 Å². The van der Waals surface area contributed by atoms with Crippen molar-refractivity contribution in [2.45, 2.75) is 38.8 Å². The minimum Gasteiger partial charge on any atom is -0.383 e. The van der Waals surface area contributed by atoms with Crippen molar-refractivity contribution in [2.24, 2.45) is 17.8 Å². The Morgan fingerprint density at radius 2 is 2.37 bits per heavy atom. The molecule has 0 radical (unpaired) electrons. The second-order valence-corrected chi connectivity index (χ2v) is 6.04. The van der Waals surface area contributed by atoms with Gasteiger partial charge in [-0.3, -0.25) is 4.68 Å². The van der Waals surface area contributed by atoms with Gasteiger partial charge in [-0.05, 0) is 37.0 Å². The zero-order chi connectivity index (χ0) is 13.1. The molecule has 0 saturated heterocycles. The van der Waals surface area contributed by atoms with Gasteiger partial charge in [-0.15, -0.1) is 5.10 Å². The monoisotopic (exact) mass is 264 g/mol. The molecule has 5 heteroatoms. The summed E-state index contributed by atoms with van der Waals surface area (Å²) in [5.74, 6) is 2.81. The van der Waals surface area contributed by atoms with Crippen LogP contribution in [0.2, 0.25) is 0 Å². The summed E-state index contributed by atoms with van der Waals surface area (Å²) in [6, 6.07) is 0. The van der Waals surface area contributed by atoms with Crippen molar-refractivity contribution in [3.63, 3.8) is 0 Å². The maximum atomic E-state index is 5.00. The van der Waals surface area contributed by atoms with Crippen molar-refractivity contribution in [1.29, 1.82) is 0 Å². The maximum Gasteiger partial charge on any atom is 0.0964 e. The quantitative estimate of drug-likeness (QED) is 0.757. The number of rotatable bonds is 7. The third-order valence-electron chi connectivity index (χ3n) is 4.68. The van der Waals surface area contributed by atoms with Crippen LogP contribution in [0.4, 0.5) is 0 Å². The van der Waals surface area contributed by atoms with Gasteiger partial charge in [0, 0.05) is 32.9 Å². The minimum absolute atomic E-state index is 0.735. The maximum absolute atomic E-state index is 5.00. The second-order valence-electron chi connectivity index (χ2n) is 6.04. The highest BCUT2D eigenvalue weighted by molar-refractivity contribution is 4.94. The molecule has 1 aromatic heterocycles. The van der Waals surface area contributed by atoms with Crippen LogP contribution in [0, 0.1) is 17.8 Å². The number of fused-ring (bicyclic) bond motifs is 2. The standard InChI is InChI=1S/C14H24N4O/c1-19-5-4-15-8-14-10-18(17-16-14)9-13-7-11-2-3-12(13)6-11/h10-13,15H,2-9H2,1H3. The van der Waals surface area contributed by atoms with Crippen LogP contribution in [0.25, 0.3) is 0 Å². The van der Waals surface area contributed by atoms with E-state index in [1.165, 1.54) is 25.7 Å². The summed E-state index contributed by atoms with van der Waals surface area (Å²) < 4.78 is 7.04. The summed E-state index contributed by atoms with van der Waals surface area (Å²) in [6.07, 6.45) is 7.87. The summed E-state index contributed by atoms with van der Waals surface area (Å²) in [4.78, 5) is 0. The summed E-state index contributed by atoms with van der Waals surface area (Å²) >= 11 is 0. The molecular formula is C14H24N4O. The molecule has 0 aromatic carbocycles. The average molecular weight is 264 g/mol. The van der Waals surface area contributed by atoms with E-state index in [9.17, 15) is 0 Å². The number of hydrogen-bond donors (Lipinski definition) is 1. The Morgan fingerprint density at radius 3 is 3.11 bits per heavy atom. The van der Waals surface area contributed by atoms with E-state index in [0.717, 1.165) is 49.7 Å². The topological polar surface area (TPSA) is 52.0 Å². The minimum atomic E-state index is 0.735. The first kappa shape index (κ1) is 13.1. The van der Waals surface area contributed by atoms with Crippen molar-refractivity contribution in [2.75, 3.05) is 20.3 Å². The molecule has 1 heterocycles. The molecular weight excluding hydrogens is 240 g/mol. The summed E-state index contributed by atoms with van der Waals surface area (Å²) in [5.41, 5.74) is 1.03. The Hall–Kier alpha value is -0.940. The molecule has 2 saturated carbocycles.